The molecule has 4 rings (SSSR count). The van der Waals surface area contributed by atoms with Crippen LogP contribution in [0.15, 0.2) is 65.2 Å². The number of sulfonamides is 1. The molecule has 0 fully saturated rings. The highest BCUT2D eigenvalue weighted by Crippen LogP contribution is 2.40. The molecule has 0 amide bonds. The van der Waals surface area contributed by atoms with Gasteiger partial charge in [0.25, 0.3) is 10.0 Å². The average molecular weight is 384 g/mol. The lowest BCUT2D eigenvalue weighted by atomic mass is 10.2. The number of fused-ring (bicyclic) bond motifs is 3. The fourth-order valence-corrected chi connectivity index (χ4v) is 4.88. The van der Waals surface area contributed by atoms with Gasteiger partial charge in [-0.05, 0) is 18.2 Å². The molecule has 1 aromatic heterocycles. The Kier molecular flexibility index (Phi) is 3.74. The van der Waals surface area contributed by atoms with Crippen LogP contribution in [0.1, 0.15) is 5.69 Å². The fraction of sp³-hybridized carbons (Fsp3) is 0.105. The highest BCUT2D eigenvalue weighted by atomic mass is 32.2. The first-order valence-electron chi connectivity index (χ1n) is 8.11. The summed E-state index contributed by atoms with van der Waals surface area (Å²) in [6.07, 6.45) is 0. The van der Waals surface area contributed by atoms with E-state index in [1.807, 2.05) is 0 Å². The number of aromatic nitrogens is 1. The molecule has 0 radical (unpaired) electrons. The predicted octanol–water partition coefficient (Wildman–Crippen LogP) is 2.64. The topological polar surface area (TPSA) is 88.8 Å². The molecule has 7 nitrogen and oxygen atoms in total. The van der Waals surface area contributed by atoms with Crippen molar-refractivity contribution in [2.24, 2.45) is 7.05 Å². The molecule has 1 N–H and O–H groups in total. The molecule has 1 aliphatic rings. The number of hydrogen-bond acceptors (Lipinski definition) is 5. The minimum atomic E-state index is -4.05. The zero-order valence-corrected chi connectivity index (χ0v) is 15.4. The first kappa shape index (κ1) is 17.2. The largest absolute Gasteiger partial charge is 0.504 e. The summed E-state index contributed by atoms with van der Waals surface area (Å²) in [6, 6.07) is 15.2. The van der Waals surface area contributed by atoms with Crippen molar-refractivity contribution in [2.75, 3.05) is 7.05 Å². The first-order chi connectivity index (χ1) is 12.8. The second kappa shape index (κ2) is 5.88. The molecule has 1 aliphatic heterocycles. The number of aryl methyl sites for hydroxylation is 1. The van der Waals surface area contributed by atoms with Crippen LogP contribution in [-0.4, -0.2) is 35.4 Å². The van der Waals surface area contributed by atoms with Gasteiger partial charge in [0.1, 0.15) is 16.3 Å². The predicted molar refractivity (Wildman–Crippen MR) is 99.5 cm³/mol. The van der Waals surface area contributed by atoms with Gasteiger partial charge in [-0.3, -0.25) is 4.31 Å². The van der Waals surface area contributed by atoms with Gasteiger partial charge in [-0.25, -0.2) is 13.2 Å². The van der Waals surface area contributed by atoms with Crippen molar-refractivity contribution in [3.8, 4) is 5.75 Å². The van der Waals surface area contributed by atoms with Crippen molar-refractivity contribution in [3.05, 3.63) is 66.0 Å². The van der Waals surface area contributed by atoms with E-state index in [0.717, 1.165) is 4.31 Å². The third kappa shape index (κ3) is 2.41. The highest BCUT2D eigenvalue weighted by molar-refractivity contribution is 7.89. The van der Waals surface area contributed by atoms with Crippen LogP contribution in [0.25, 0.3) is 16.7 Å². The molecule has 0 atom stereocenters. The smallest absolute Gasteiger partial charge is 0.364 e. The Morgan fingerprint density at radius 3 is 2.33 bits per heavy atom. The van der Waals surface area contributed by atoms with Gasteiger partial charge in [-0.15, -0.1) is 0 Å². The van der Waals surface area contributed by atoms with E-state index in [1.54, 1.807) is 66.2 Å². The van der Waals surface area contributed by atoms with E-state index in [0.29, 0.717) is 10.9 Å². The Hall–Kier alpha value is -3.26. The van der Waals surface area contributed by atoms with Gasteiger partial charge in [0.2, 0.25) is 0 Å². The Morgan fingerprint density at radius 1 is 1.00 bits per heavy atom. The number of benzene rings is 2. The number of aliphatic hydroxyl groups excluding tert-OH is 1. The average Bonchev–Trinajstić information content (AvgIpc) is 2.95. The lowest BCUT2D eigenvalue weighted by Gasteiger charge is -2.27. The van der Waals surface area contributed by atoms with Crippen LogP contribution >= 0.6 is 0 Å². The number of carbonyl (C=O) groups is 1. The van der Waals surface area contributed by atoms with Crippen LogP contribution in [0.3, 0.4) is 0 Å². The Balaban J connectivity index is 1.95. The Bertz CT molecular complexity index is 1210. The molecule has 0 unspecified atom stereocenters. The van der Waals surface area contributed by atoms with E-state index in [2.05, 4.69) is 0 Å². The third-order valence-electron chi connectivity index (χ3n) is 4.59. The monoisotopic (exact) mass is 384 g/mol. The molecule has 3 aromatic rings. The van der Waals surface area contributed by atoms with Gasteiger partial charge in [0.15, 0.2) is 11.5 Å². The van der Waals surface area contributed by atoms with Gasteiger partial charge >= 0.3 is 5.97 Å². The summed E-state index contributed by atoms with van der Waals surface area (Å²) in [5.41, 5.74) is 0.260. The zero-order chi connectivity index (χ0) is 19.3. The molecule has 0 saturated carbocycles. The molecule has 8 heteroatoms. The number of carbonyl (C=O) groups excluding carboxylic acids is 1. The van der Waals surface area contributed by atoms with Crippen LogP contribution in [0, 0.1) is 0 Å². The van der Waals surface area contributed by atoms with E-state index in [9.17, 15) is 18.3 Å². The second-order valence-electron chi connectivity index (χ2n) is 6.13. The van der Waals surface area contributed by atoms with E-state index >= 15 is 0 Å². The van der Waals surface area contributed by atoms with Gasteiger partial charge in [0, 0.05) is 25.0 Å². The fourth-order valence-electron chi connectivity index (χ4n) is 3.27. The summed E-state index contributed by atoms with van der Waals surface area (Å²) in [5, 5.41) is 11.3. The third-order valence-corrected chi connectivity index (χ3v) is 6.42. The van der Waals surface area contributed by atoms with Gasteiger partial charge < -0.3 is 14.4 Å². The molecule has 27 heavy (non-hydrogen) atoms. The van der Waals surface area contributed by atoms with E-state index in [-0.39, 0.29) is 16.3 Å². The van der Waals surface area contributed by atoms with E-state index in [4.69, 9.17) is 4.74 Å². The van der Waals surface area contributed by atoms with Crippen molar-refractivity contribution in [2.45, 2.75) is 4.90 Å². The van der Waals surface area contributed by atoms with Gasteiger partial charge in [-0.2, -0.15) is 0 Å². The van der Waals surface area contributed by atoms with Crippen LogP contribution in [0.2, 0.25) is 0 Å². The molecule has 2 heterocycles. The normalized spacial score (nSPS) is 15.7. The number of ether oxygens (including phenoxy) is 1. The zero-order valence-electron chi connectivity index (χ0n) is 14.6. The molecule has 0 spiro atoms. The lowest BCUT2D eigenvalue weighted by molar-refractivity contribution is -0.131. The maximum absolute atomic E-state index is 13.1. The van der Waals surface area contributed by atoms with Crippen molar-refractivity contribution in [1.82, 2.24) is 8.87 Å². The maximum Gasteiger partial charge on any atom is 0.364 e. The van der Waals surface area contributed by atoms with Crippen molar-refractivity contribution < 1.29 is 23.1 Å². The highest BCUT2D eigenvalue weighted by Gasteiger charge is 2.42. The van der Waals surface area contributed by atoms with Gasteiger partial charge in [-0.1, -0.05) is 36.4 Å². The quantitative estimate of drug-likeness (QED) is 0.542. The summed E-state index contributed by atoms with van der Waals surface area (Å²) >= 11 is 0. The number of likely N-dealkylation sites (N-methyl/N-ethyl adjacent to an activating group) is 1. The van der Waals surface area contributed by atoms with Crippen molar-refractivity contribution in [3.63, 3.8) is 0 Å². The van der Waals surface area contributed by atoms with Crippen LogP contribution in [0.4, 0.5) is 0 Å². The minimum Gasteiger partial charge on any atom is -0.504 e. The molecule has 0 aliphatic carbocycles. The van der Waals surface area contributed by atoms with E-state index < -0.39 is 27.4 Å². The van der Waals surface area contributed by atoms with Crippen LogP contribution in [0.5, 0.6) is 5.75 Å². The minimum absolute atomic E-state index is 0.0307. The number of para-hydroxylation sites is 2. The maximum atomic E-state index is 13.1. The number of nitrogens with zero attached hydrogens (tertiary/aromatic N) is 2. The van der Waals surface area contributed by atoms with Crippen LogP contribution in [-0.2, 0) is 21.9 Å². The number of esters is 1. The molecule has 138 valence electrons. The second-order valence-corrected chi connectivity index (χ2v) is 8.03. The molecule has 2 aromatic carbocycles. The summed E-state index contributed by atoms with van der Waals surface area (Å²) in [4.78, 5) is 12.6. The summed E-state index contributed by atoms with van der Waals surface area (Å²) in [5.74, 6) is -1.15. The number of aliphatic hydroxyl groups is 1. The number of hydrogen-bond donors (Lipinski definition) is 1. The van der Waals surface area contributed by atoms with Gasteiger partial charge in [0.05, 0.1) is 0 Å². The van der Waals surface area contributed by atoms with Crippen LogP contribution < -0.4 is 4.74 Å². The summed E-state index contributed by atoms with van der Waals surface area (Å²) in [6.45, 7) is 0. The lowest BCUT2D eigenvalue weighted by Crippen LogP contribution is -2.36. The Morgan fingerprint density at radius 2 is 1.63 bits per heavy atom. The molecule has 0 saturated heterocycles. The number of rotatable bonds is 2. The standard InChI is InChI=1S/C19H16N2O5S/c1-20-14-11-7-6-10-13(14)18-15(20)17(22)16(21(2)27(18,24)25)19(23)26-12-8-4-3-5-9-12/h3-11,22H,1-2H3. The molecule has 0 bridgehead atoms. The first-order valence-corrected chi connectivity index (χ1v) is 9.55. The van der Waals surface area contributed by atoms with Crippen molar-refractivity contribution >= 4 is 32.7 Å². The molecular formula is C19H16N2O5S. The SMILES string of the molecule is CN1C(C(=O)Oc2ccccc2)=C(O)c2c(c3ccccc3n2C)S1(=O)=O. The summed E-state index contributed by atoms with van der Waals surface area (Å²) in [7, 11) is -1.19. The molecular weight excluding hydrogens is 368 g/mol. The summed E-state index contributed by atoms with van der Waals surface area (Å²) < 4.78 is 33.8. The van der Waals surface area contributed by atoms with Crippen molar-refractivity contribution in [1.29, 1.82) is 0 Å². The van der Waals surface area contributed by atoms with E-state index in [1.165, 1.54) is 7.05 Å². The Labute approximate surface area is 155 Å².